The van der Waals surface area contributed by atoms with Gasteiger partial charge in [0.2, 0.25) is 0 Å². The predicted octanol–water partition coefficient (Wildman–Crippen LogP) is 1.59. The second kappa shape index (κ2) is 9.79. The van der Waals surface area contributed by atoms with E-state index in [9.17, 15) is 9.59 Å². The maximum atomic E-state index is 11.3. The lowest BCUT2D eigenvalue weighted by atomic mass is 10.0. The molecule has 0 aromatic carbocycles. The van der Waals surface area contributed by atoms with Crippen LogP contribution < -0.4 is 0 Å². The Bertz CT molecular complexity index is 362. The third-order valence-corrected chi connectivity index (χ3v) is 4.38. The van der Waals surface area contributed by atoms with Crippen molar-refractivity contribution in [2.24, 2.45) is 0 Å². The first-order valence-corrected chi connectivity index (χ1v) is 8.27. The van der Waals surface area contributed by atoms with Gasteiger partial charge in [-0.05, 0) is 59.8 Å². The molecule has 0 aliphatic carbocycles. The third kappa shape index (κ3) is 5.93. The van der Waals surface area contributed by atoms with Crippen LogP contribution in [0.5, 0.6) is 0 Å². The Morgan fingerprint density at radius 2 is 1.50 bits per heavy atom. The first kappa shape index (κ1) is 18.9. The molecule has 2 rings (SSSR count). The molecule has 2 heterocycles. The van der Waals surface area contributed by atoms with Crippen molar-refractivity contribution in [3.8, 4) is 0 Å². The van der Waals surface area contributed by atoms with E-state index >= 15 is 0 Å². The Hall–Kier alpha value is -1.14. The molecule has 0 amide bonds. The van der Waals surface area contributed by atoms with Crippen LogP contribution in [0.4, 0.5) is 0 Å². The molecule has 0 saturated carbocycles. The fourth-order valence-corrected chi connectivity index (χ4v) is 3.00. The molecule has 0 aromatic heterocycles. The van der Waals surface area contributed by atoms with E-state index in [1.807, 2.05) is 25.9 Å². The highest BCUT2D eigenvalue weighted by Crippen LogP contribution is 2.16. The zero-order valence-corrected chi connectivity index (χ0v) is 14.1. The fraction of sp³-hybridized carbons (Fsp3) is 0.875. The zero-order chi connectivity index (χ0) is 16.5. The van der Waals surface area contributed by atoms with Crippen molar-refractivity contribution in [3.05, 3.63) is 0 Å². The van der Waals surface area contributed by atoms with Crippen LogP contribution in [0.25, 0.3) is 0 Å². The molecule has 0 aromatic rings. The lowest BCUT2D eigenvalue weighted by molar-refractivity contribution is -0.150. The second-order valence-electron chi connectivity index (χ2n) is 6.07. The Morgan fingerprint density at radius 3 is 1.86 bits per heavy atom. The number of nitrogens with zero attached hydrogens (tertiary/aromatic N) is 2. The smallest absolute Gasteiger partial charge is 0.323 e. The van der Waals surface area contributed by atoms with Crippen LogP contribution in [0, 0.1) is 0 Å². The maximum Gasteiger partial charge on any atom is 0.323 e. The topological polar surface area (TPSA) is 70.1 Å². The quantitative estimate of drug-likeness (QED) is 0.798. The number of aliphatic carboxylic acids is 1. The Labute approximate surface area is 133 Å². The monoisotopic (exact) mass is 314 g/mol. The van der Waals surface area contributed by atoms with Gasteiger partial charge >= 0.3 is 11.9 Å². The maximum absolute atomic E-state index is 11.3. The van der Waals surface area contributed by atoms with Crippen molar-refractivity contribution < 1.29 is 19.4 Å². The summed E-state index contributed by atoms with van der Waals surface area (Å²) in [6.45, 7) is 4.28. The minimum Gasteiger partial charge on any atom is -0.480 e. The molecule has 2 saturated heterocycles. The van der Waals surface area contributed by atoms with Gasteiger partial charge in [-0.1, -0.05) is 12.8 Å². The number of carboxylic acid groups (broad SMARTS) is 1. The van der Waals surface area contributed by atoms with E-state index in [1.165, 1.54) is 6.42 Å². The van der Waals surface area contributed by atoms with E-state index in [0.29, 0.717) is 6.61 Å². The molecule has 128 valence electrons. The van der Waals surface area contributed by atoms with Gasteiger partial charge in [-0.15, -0.1) is 0 Å². The summed E-state index contributed by atoms with van der Waals surface area (Å²) in [5.74, 6) is -0.734. The molecule has 1 N–H and O–H groups in total. The number of esters is 1. The summed E-state index contributed by atoms with van der Waals surface area (Å²) in [4.78, 5) is 25.9. The molecule has 0 spiro atoms. The average Bonchev–Trinajstić information content (AvgIpc) is 2.48. The van der Waals surface area contributed by atoms with Gasteiger partial charge < -0.3 is 9.84 Å². The lowest BCUT2D eigenvalue weighted by Crippen LogP contribution is -2.42. The number of likely N-dealkylation sites (N-methyl/N-ethyl adjacent to an activating group) is 2. The fourth-order valence-electron chi connectivity index (χ4n) is 3.00. The van der Waals surface area contributed by atoms with E-state index < -0.39 is 5.97 Å². The van der Waals surface area contributed by atoms with Crippen LogP contribution in [0.15, 0.2) is 0 Å². The number of carboxylic acids is 1. The lowest BCUT2D eigenvalue weighted by Gasteiger charge is -2.30. The SMILES string of the molecule is CCOC(=O)C1CCCCN1C.CN1CCCCC1C(=O)O. The molecule has 2 atom stereocenters. The Kier molecular flexibility index (Phi) is 8.42. The summed E-state index contributed by atoms with van der Waals surface area (Å²) in [6.07, 6.45) is 6.31. The minimum atomic E-state index is -0.679. The minimum absolute atomic E-state index is 0.0127. The van der Waals surface area contributed by atoms with Crippen LogP contribution in [0.2, 0.25) is 0 Å². The van der Waals surface area contributed by atoms with Crippen molar-refractivity contribution in [1.29, 1.82) is 0 Å². The normalized spacial score (nSPS) is 26.7. The van der Waals surface area contributed by atoms with Crippen LogP contribution in [0.3, 0.4) is 0 Å². The van der Waals surface area contributed by atoms with Crippen LogP contribution >= 0.6 is 0 Å². The summed E-state index contributed by atoms with van der Waals surface area (Å²) in [7, 11) is 3.86. The number of ether oxygens (including phenoxy) is 1. The largest absolute Gasteiger partial charge is 0.480 e. The average molecular weight is 314 g/mol. The van der Waals surface area contributed by atoms with Gasteiger partial charge in [0.25, 0.3) is 0 Å². The van der Waals surface area contributed by atoms with Gasteiger partial charge in [0.05, 0.1) is 6.61 Å². The van der Waals surface area contributed by atoms with E-state index in [-0.39, 0.29) is 18.1 Å². The molecule has 0 radical (unpaired) electrons. The van der Waals surface area contributed by atoms with Gasteiger partial charge in [-0.25, -0.2) is 0 Å². The molecule has 2 unspecified atom stereocenters. The van der Waals surface area contributed by atoms with Gasteiger partial charge in [-0.2, -0.15) is 0 Å². The Balaban J connectivity index is 0.000000224. The first-order valence-electron chi connectivity index (χ1n) is 8.27. The molecule has 2 aliphatic rings. The van der Waals surface area contributed by atoms with Crippen molar-refractivity contribution in [1.82, 2.24) is 9.80 Å². The molecule has 6 heteroatoms. The van der Waals surface area contributed by atoms with E-state index in [0.717, 1.165) is 45.2 Å². The van der Waals surface area contributed by atoms with Crippen molar-refractivity contribution in [3.63, 3.8) is 0 Å². The molecule has 22 heavy (non-hydrogen) atoms. The second-order valence-corrected chi connectivity index (χ2v) is 6.07. The van der Waals surface area contributed by atoms with Crippen molar-refractivity contribution in [2.75, 3.05) is 33.8 Å². The molecular formula is C16H30N2O4. The highest BCUT2D eigenvalue weighted by atomic mass is 16.5. The summed E-state index contributed by atoms with van der Waals surface area (Å²) >= 11 is 0. The van der Waals surface area contributed by atoms with Crippen LogP contribution in [0.1, 0.15) is 45.4 Å². The number of likely N-dealkylation sites (tertiary alicyclic amines) is 2. The standard InChI is InChI=1S/C9H17NO2.C7H13NO2/c1-3-12-9(11)8-6-4-5-7-10(8)2;1-8-5-3-2-4-6(8)7(9)10/h8H,3-7H2,1-2H3;6H,2-5H2,1H3,(H,9,10). The predicted molar refractivity (Wildman–Crippen MR) is 84.8 cm³/mol. The molecular weight excluding hydrogens is 284 g/mol. The molecule has 2 aliphatic heterocycles. The van der Waals surface area contributed by atoms with Crippen molar-refractivity contribution >= 4 is 11.9 Å². The molecule has 0 bridgehead atoms. The van der Waals surface area contributed by atoms with Gasteiger partial charge in [0.1, 0.15) is 12.1 Å². The molecule has 2 fully saturated rings. The summed E-state index contributed by atoms with van der Waals surface area (Å²) in [5, 5.41) is 8.67. The van der Waals surface area contributed by atoms with Gasteiger partial charge in [0, 0.05) is 0 Å². The summed E-state index contributed by atoms with van der Waals surface area (Å²) in [5.41, 5.74) is 0. The number of carbonyl (C=O) groups excluding carboxylic acids is 1. The van der Waals surface area contributed by atoms with E-state index in [2.05, 4.69) is 4.90 Å². The highest BCUT2D eigenvalue weighted by Gasteiger charge is 2.26. The van der Waals surface area contributed by atoms with Crippen LogP contribution in [-0.4, -0.2) is 72.7 Å². The number of hydrogen-bond donors (Lipinski definition) is 1. The van der Waals surface area contributed by atoms with E-state index in [4.69, 9.17) is 9.84 Å². The Morgan fingerprint density at radius 1 is 1.00 bits per heavy atom. The molecule has 6 nitrogen and oxygen atoms in total. The number of carbonyl (C=O) groups is 2. The summed E-state index contributed by atoms with van der Waals surface area (Å²) < 4.78 is 4.97. The van der Waals surface area contributed by atoms with Gasteiger partial charge in [0.15, 0.2) is 0 Å². The van der Waals surface area contributed by atoms with Gasteiger partial charge in [-0.3, -0.25) is 19.4 Å². The number of hydrogen-bond acceptors (Lipinski definition) is 5. The first-order chi connectivity index (χ1) is 10.5. The van der Waals surface area contributed by atoms with E-state index in [1.54, 1.807) is 0 Å². The number of piperidine rings is 2. The number of rotatable bonds is 3. The zero-order valence-electron chi connectivity index (χ0n) is 14.1. The summed E-state index contributed by atoms with van der Waals surface area (Å²) in [6, 6.07) is -0.215. The van der Waals surface area contributed by atoms with Crippen LogP contribution in [-0.2, 0) is 14.3 Å². The van der Waals surface area contributed by atoms with Crippen molar-refractivity contribution in [2.45, 2.75) is 57.5 Å². The highest BCUT2D eigenvalue weighted by molar-refractivity contribution is 5.75. The third-order valence-electron chi connectivity index (χ3n) is 4.38.